The highest BCUT2D eigenvalue weighted by atomic mass is 32.2. The van der Waals surface area contributed by atoms with E-state index in [1.807, 2.05) is 13.8 Å². The van der Waals surface area contributed by atoms with Crippen LogP contribution in [-0.2, 0) is 10.0 Å². The van der Waals surface area contributed by atoms with Crippen LogP contribution in [0, 0.1) is 0 Å². The van der Waals surface area contributed by atoms with E-state index < -0.39 is 10.0 Å². The van der Waals surface area contributed by atoms with Gasteiger partial charge in [0, 0.05) is 12.6 Å². The van der Waals surface area contributed by atoms with Gasteiger partial charge in [0.2, 0.25) is 9.47 Å². The molecule has 0 aliphatic rings. The van der Waals surface area contributed by atoms with Crippen LogP contribution in [0.2, 0.25) is 0 Å². The average Bonchev–Trinajstić information content (AvgIpc) is 2.77. The Morgan fingerprint density at radius 3 is 2.39 bits per heavy atom. The number of rotatable bonds is 7. The van der Waals surface area contributed by atoms with Crippen LogP contribution >= 0.6 is 11.3 Å². The van der Waals surface area contributed by atoms with Crippen LogP contribution in [0.25, 0.3) is 0 Å². The molecule has 1 aromatic heterocycles. The van der Waals surface area contributed by atoms with E-state index in [1.54, 1.807) is 0 Å². The van der Waals surface area contributed by atoms with Crippen LogP contribution in [0.4, 0.5) is 5.13 Å². The topological polar surface area (TPSA) is 109 Å². The molecule has 1 rings (SSSR count). The van der Waals surface area contributed by atoms with Gasteiger partial charge in [-0.05, 0) is 12.8 Å². The second-order valence-electron chi connectivity index (χ2n) is 3.72. The van der Waals surface area contributed by atoms with Crippen LogP contribution in [0.5, 0.6) is 0 Å². The van der Waals surface area contributed by atoms with Crippen molar-refractivity contribution >= 4 is 26.5 Å². The third-order valence-corrected chi connectivity index (χ3v) is 5.67. The van der Waals surface area contributed by atoms with Gasteiger partial charge in [-0.3, -0.25) is 0 Å². The zero-order valence-electron chi connectivity index (χ0n) is 10.4. The maximum Gasteiger partial charge on any atom is 0.272 e. The second kappa shape index (κ2) is 6.41. The lowest BCUT2D eigenvalue weighted by Gasteiger charge is -2.27. The third-order valence-electron chi connectivity index (χ3n) is 2.62. The standard InChI is InChI=1S/C9H18N4O3S2/c1-3-7(4-2)13(5-6-14)18(15,16)9-12-11-8(10)17-9/h7,14H,3-6H2,1-2H3,(H2,10,11). The van der Waals surface area contributed by atoms with Crippen molar-refractivity contribution in [1.29, 1.82) is 0 Å². The van der Waals surface area contributed by atoms with Crippen molar-refractivity contribution in [2.45, 2.75) is 37.1 Å². The van der Waals surface area contributed by atoms with Crippen molar-refractivity contribution in [3.05, 3.63) is 0 Å². The molecule has 0 aromatic carbocycles. The number of anilines is 1. The van der Waals surface area contributed by atoms with Crippen LogP contribution in [0.1, 0.15) is 26.7 Å². The first-order valence-electron chi connectivity index (χ1n) is 5.69. The van der Waals surface area contributed by atoms with Gasteiger partial charge in [0.05, 0.1) is 6.61 Å². The van der Waals surface area contributed by atoms with Crippen molar-refractivity contribution in [1.82, 2.24) is 14.5 Å². The second-order valence-corrected chi connectivity index (χ2v) is 6.79. The molecule has 0 aliphatic heterocycles. The van der Waals surface area contributed by atoms with Crippen LogP contribution < -0.4 is 5.73 Å². The monoisotopic (exact) mass is 294 g/mol. The molecule has 9 heteroatoms. The first-order valence-corrected chi connectivity index (χ1v) is 7.94. The molecular weight excluding hydrogens is 276 g/mol. The summed E-state index contributed by atoms with van der Waals surface area (Å²) in [5.74, 6) is 0. The molecule has 0 atom stereocenters. The Balaban J connectivity index is 3.11. The first-order chi connectivity index (χ1) is 8.47. The molecule has 0 unspecified atom stereocenters. The molecule has 7 nitrogen and oxygen atoms in total. The summed E-state index contributed by atoms with van der Waals surface area (Å²) in [7, 11) is -3.73. The van der Waals surface area contributed by atoms with Gasteiger partial charge < -0.3 is 10.8 Å². The SMILES string of the molecule is CCC(CC)N(CCO)S(=O)(=O)c1nnc(N)s1. The molecule has 0 bridgehead atoms. The van der Waals surface area contributed by atoms with Gasteiger partial charge in [0.15, 0.2) is 0 Å². The van der Waals surface area contributed by atoms with E-state index in [2.05, 4.69) is 10.2 Å². The lowest BCUT2D eigenvalue weighted by atomic mass is 10.2. The Kier molecular flexibility index (Phi) is 5.45. The van der Waals surface area contributed by atoms with Crippen molar-refractivity contribution in [2.24, 2.45) is 0 Å². The van der Waals surface area contributed by atoms with Gasteiger partial charge in [0.25, 0.3) is 10.0 Å². The zero-order chi connectivity index (χ0) is 13.8. The smallest absolute Gasteiger partial charge is 0.272 e. The number of hydrogen-bond acceptors (Lipinski definition) is 7. The molecule has 1 aromatic rings. The van der Waals surface area contributed by atoms with Gasteiger partial charge in [-0.25, -0.2) is 8.42 Å². The molecule has 0 amide bonds. The molecule has 3 N–H and O–H groups in total. The zero-order valence-corrected chi connectivity index (χ0v) is 12.0. The van der Waals surface area contributed by atoms with Gasteiger partial charge in [-0.2, -0.15) is 4.31 Å². The van der Waals surface area contributed by atoms with Gasteiger partial charge in [0.1, 0.15) is 0 Å². The fourth-order valence-corrected chi connectivity index (χ4v) is 4.38. The molecule has 0 radical (unpaired) electrons. The van der Waals surface area contributed by atoms with E-state index in [9.17, 15) is 8.42 Å². The molecule has 104 valence electrons. The van der Waals surface area contributed by atoms with Gasteiger partial charge >= 0.3 is 0 Å². The van der Waals surface area contributed by atoms with E-state index in [1.165, 1.54) is 4.31 Å². The summed E-state index contributed by atoms with van der Waals surface area (Å²) in [6, 6.07) is -0.160. The molecule has 0 aliphatic carbocycles. The van der Waals surface area contributed by atoms with Crippen molar-refractivity contribution < 1.29 is 13.5 Å². The predicted molar refractivity (Wildman–Crippen MR) is 69.7 cm³/mol. The molecule has 0 saturated carbocycles. The van der Waals surface area contributed by atoms with E-state index in [0.29, 0.717) is 12.8 Å². The van der Waals surface area contributed by atoms with Crippen molar-refractivity contribution in [3.8, 4) is 0 Å². The summed E-state index contributed by atoms with van der Waals surface area (Å²) >= 11 is 0.832. The van der Waals surface area contributed by atoms with Crippen LogP contribution in [0.3, 0.4) is 0 Å². The Hall–Kier alpha value is -0.770. The fourth-order valence-electron chi connectivity index (χ4n) is 1.72. The van der Waals surface area contributed by atoms with Crippen LogP contribution in [-0.4, -0.2) is 47.2 Å². The highest BCUT2D eigenvalue weighted by Gasteiger charge is 2.32. The number of nitrogen functional groups attached to an aromatic ring is 1. The van der Waals surface area contributed by atoms with Gasteiger partial charge in [-0.1, -0.05) is 25.2 Å². The molecule has 0 spiro atoms. The number of nitrogens with zero attached hydrogens (tertiary/aromatic N) is 3. The maximum atomic E-state index is 12.4. The lowest BCUT2D eigenvalue weighted by molar-refractivity contribution is 0.219. The molecule has 0 saturated heterocycles. The number of aliphatic hydroxyl groups is 1. The minimum atomic E-state index is -3.73. The minimum Gasteiger partial charge on any atom is -0.395 e. The average molecular weight is 294 g/mol. The van der Waals surface area contributed by atoms with Crippen LogP contribution in [0.15, 0.2) is 4.34 Å². The largest absolute Gasteiger partial charge is 0.395 e. The van der Waals surface area contributed by atoms with E-state index >= 15 is 0 Å². The first kappa shape index (κ1) is 15.3. The maximum absolute atomic E-state index is 12.4. The molecule has 1 heterocycles. The predicted octanol–water partition coefficient (Wildman–Crippen LogP) is 0.292. The van der Waals surface area contributed by atoms with Crippen molar-refractivity contribution in [3.63, 3.8) is 0 Å². The lowest BCUT2D eigenvalue weighted by Crippen LogP contribution is -2.41. The van der Waals surface area contributed by atoms with E-state index in [0.717, 1.165) is 11.3 Å². The summed E-state index contributed by atoms with van der Waals surface area (Å²) in [5.41, 5.74) is 5.40. The fraction of sp³-hybridized carbons (Fsp3) is 0.778. The minimum absolute atomic E-state index is 0.0498. The number of hydrogen-bond donors (Lipinski definition) is 2. The van der Waals surface area contributed by atoms with E-state index in [-0.39, 0.29) is 28.7 Å². The summed E-state index contributed by atoms with van der Waals surface area (Å²) in [6.07, 6.45) is 1.34. The van der Waals surface area contributed by atoms with E-state index in [4.69, 9.17) is 10.8 Å². The third kappa shape index (κ3) is 3.16. The Morgan fingerprint density at radius 2 is 2.00 bits per heavy atom. The quantitative estimate of drug-likeness (QED) is 0.748. The molecular formula is C9H18N4O3S2. The normalized spacial score (nSPS) is 12.5. The molecule has 18 heavy (non-hydrogen) atoms. The summed E-state index contributed by atoms with van der Waals surface area (Å²) in [5, 5.41) is 16.2. The number of nitrogens with two attached hydrogens (primary N) is 1. The highest BCUT2D eigenvalue weighted by molar-refractivity contribution is 7.91. The molecule has 0 fully saturated rings. The highest BCUT2D eigenvalue weighted by Crippen LogP contribution is 2.24. The Morgan fingerprint density at radius 1 is 1.39 bits per heavy atom. The number of sulfonamides is 1. The summed E-state index contributed by atoms with van der Waals surface area (Å²) < 4.78 is 25.9. The number of aromatic nitrogens is 2. The summed E-state index contributed by atoms with van der Waals surface area (Å²) in [4.78, 5) is 0. The Bertz CT molecular complexity index is 470. The van der Waals surface area contributed by atoms with Crippen molar-refractivity contribution in [2.75, 3.05) is 18.9 Å². The van der Waals surface area contributed by atoms with Gasteiger partial charge in [-0.15, -0.1) is 10.2 Å². The Labute approximate surface area is 111 Å². The number of aliphatic hydroxyl groups excluding tert-OH is 1. The summed E-state index contributed by atoms with van der Waals surface area (Å²) in [6.45, 7) is 3.63.